The van der Waals surface area contributed by atoms with Crippen molar-refractivity contribution in [1.29, 1.82) is 0 Å². The monoisotopic (exact) mass is 753 g/mol. The Morgan fingerprint density at radius 1 is 0.872 bits per heavy atom. The number of benzene rings is 3. The van der Waals surface area contributed by atoms with Crippen LogP contribution in [0.15, 0.2) is 48.5 Å². The van der Waals surface area contributed by atoms with Crippen molar-refractivity contribution >= 4 is 80.8 Å². The molecule has 1 aliphatic carbocycles. The third-order valence-corrected chi connectivity index (χ3v) is 8.90. The molecule has 3 amide bonds. The van der Waals surface area contributed by atoms with Gasteiger partial charge in [0, 0.05) is 11.6 Å². The lowest BCUT2D eigenvalue weighted by atomic mass is 10.0. The van der Waals surface area contributed by atoms with E-state index >= 15 is 0 Å². The van der Waals surface area contributed by atoms with Gasteiger partial charge in [0.15, 0.2) is 11.6 Å². The minimum atomic E-state index is -5.27. The molecule has 1 saturated carbocycles. The molecule has 3 aromatic rings. The van der Waals surface area contributed by atoms with E-state index in [2.05, 4.69) is 5.32 Å². The molecule has 0 saturated heterocycles. The molecule has 0 heterocycles. The van der Waals surface area contributed by atoms with Crippen LogP contribution in [0.4, 0.5) is 56.6 Å². The number of hydrogen-bond acceptors (Lipinski definition) is 4. The topological polar surface area (TPSA) is 110 Å². The second-order valence-corrected chi connectivity index (χ2v) is 13.1. The molecule has 1 unspecified atom stereocenters. The fraction of sp³-hybridized carbons (Fsp3) is 0.222. The van der Waals surface area contributed by atoms with Gasteiger partial charge in [0.1, 0.15) is 21.7 Å². The smallest absolute Gasteiger partial charge is 0.573 e. The summed E-state index contributed by atoms with van der Waals surface area (Å²) < 4.78 is 129. The van der Waals surface area contributed by atoms with Crippen molar-refractivity contribution in [3.63, 3.8) is 0 Å². The van der Waals surface area contributed by atoms with Crippen molar-refractivity contribution in [1.82, 2.24) is 0 Å². The first-order valence-electron chi connectivity index (χ1n) is 12.5. The number of hydrogen-bond donors (Lipinski definition) is 3. The Labute approximate surface area is 275 Å². The highest BCUT2D eigenvalue weighted by Gasteiger charge is 2.67. The molecule has 0 bridgehead atoms. The molecule has 20 heteroatoms. The predicted octanol–water partition coefficient (Wildman–Crippen LogP) is 7.76. The average Bonchev–Trinajstić information content (AvgIpc) is 3.54. The van der Waals surface area contributed by atoms with Crippen LogP contribution in [0.1, 0.15) is 27.4 Å². The number of amides is 3. The van der Waals surface area contributed by atoms with Gasteiger partial charge >= 0.3 is 11.7 Å². The minimum Gasteiger partial charge on any atom is -0.609 e. The van der Waals surface area contributed by atoms with Crippen LogP contribution >= 0.6 is 34.8 Å². The van der Waals surface area contributed by atoms with E-state index in [4.69, 9.17) is 34.8 Å². The Balaban J connectivity index is 1.50. The summed E-state index contributed by atoms with van der Waals surface area (Å²) in [6.07, 6.45) is -5.04. The Bertz CT molecular complexity index is 1760. The lowest BCUT2D eigenvalue weighted by molar-refractivity contribution is -0.140. The van der Waals surface area contributed by atoms with Gasteiger partial charge in [-0.3, -0.25) is 14.4 Å². The highest BCUT2D eigenvalue weighted by atomic mass is 35.5. The molecular weight excluding hydrogens is 740 g/mol. The maximum atomic E-state index is 15.0. The van der Waals surface area contributed by atoms with Crippen molar-refractivity contribution in [2.45, 2.75) is 21.9 Å². The van der Waals surface area contributed by atoms with Crippen molar-refractivity contribution in [3.8, 4) is 0 Å². The van der Waals surface area contributed by atoms with Gasteiger partial charge in [0.25, 0.3) is 11.8 Å². The van der Waals surface area contributed by atoms with E-state index in [-0.39, 0.29) is 16.3 Å². The van der Waals surface area contributed by atoms with Gasteiger partial charge in [0.2, 0.25) is 5.91 Å². The van der Waals surface area contributed by atoms with Crippen LogP contribution in [-0.4, -0.2) is 37.9 Å². The lowest BCUT2D eigenvalue weighted by Gasteiger charge is -2.15. The molecule has 3 aromatic carbocycles. The number of rotatable bonds is 8. The summed E-state index contributed by atoms with van der Waals surface area (Å²) in [4.78, 5) is 37.7. The van der Waals surface area contributed by atoms with E-state index in [0.29, 0.717) is 24.3 Å². The Hall–Kier alpha value is -3.38. The summed E-state index contributed by atoms with van der Waals surface area (Å²) in [5, 5.41) is 5.64. The zero-order valence-electron chi connectivity index (χ0n) is 22.6. The number of nitrogens with one attached hydrogen (secondary N) is 3. The second kappa shape index (κ2) is 13.3. The lowest BCUT2D eigenvalue weighted by Crippen LogP contribution is -2.33. The van der Waals surface area contributed by atoms with Crippen molar-refractivity contribution < 1.29 is 58.5 Å². The molecule has 4 rings (SSSR count). The van der Waals surface area contributed by atoms with E-state index in [0.717, 1.165) is 18.2 Å². The highest BCUT2D eigenvalue weighted by Crippen LogP contribution is 2.65. The minimum absolute atomic E-state index is 0.125. The number of carbonyl (C=O) groups is 3. The number of halogens is 12. The molecule has 1 aliphatic rings. The predicted molar refractivity (Wildman–Crippen MR) is 154 cm³/mol. The first-order chi connectivity index (χ1) is 21.6. The maximum absolute atomic E-state index is 15.0. The average molecular weight is 755 g/mol. The third kappa shape index (κ3) is 8.02. The molecule has 47 heavy (non-hydrogen) atoms. The van der Waals surface area contributed by atoms with Crippen molar-refractivity contribution in [2.24, 2.45) is 5.92 Å². The molecule has 3 N–H and O–H groups in total. The van der Waals surface area contributed by atoms with Gasteiger partial charge in [-0.05, 0) is 48.0 Å². The molecule has 252 valence electrons. The van der Waals surface area contributed by atoms with Crippen LogP contribution in [0.5, 0.6) is 0 Å². The summed E-state index contributed by atoms with van der Waals surface area (Å²) in [6.45, 7) is 0. The second-order valence-electron chi connectivity index (χ2n) is 9.77. The molecule has 1 fully saturated rings. The van der Waals surface area contributed by atoms with Gasteiger partial charge in [0.05, 0.1) is 38.9 Å². The molecular formula is C27H15Cl3F9N3O4S. The number of alkyl halides is 8. The standard InChI is InChI=1S/C27H15Cl3F9N3O4S/c28-14-3-2-11(40-24(45)20-19(25(20,29)30)10-1-4-15(31)13(7-10)26(34,35)36)8-12(14)23(44)41-17-6-5-16(32)22(21(17)33)42-18(43)9-47(46)27(37,38)39/h1-8,19-20H,9H2,(H,40,45)(H,41,44)(H,42,43)/t19-,20+,47?/m0/s1. The Morgan fingerprint density at radius 3 is 2.13 bits per heavy atom. The van der Waals surface area contributed by atoms with Crippen LogP contribution in [0.3, 0.4) is 0 Å². The van der Waals surface area contributed by atoms with E-state index in [1.807, 2.05) is 5.32 Å². The number of anilines is 3. The quantitative estimate of drug-likeness (QED) is 0.124. The van der Waals surface area contributed by atoms with Crippen LogP contribution in [0.2, 0.25) is 5.02 Å². The summed E-state index contributed by atoms with van der Waals surface area (Å²) in [5.41, 5.74) is -9.61. The van der Waals surface area contributed by atoms with Gasteiger partial charge in [-0.2, -0.15) is 13.2 Å². The SMILES string of the molecule is O=C(C[S+]([O-])C(F)(F)F)Nc1c(F)ccc(NC(=O)c2cc(NC(=O)[C@H]3[C@H](c4ccc(F)c(C(F)(F)F)c4)C3(Cl)Cl)ccc2Cl)c1F. The number of carbonyl (C=O) groups excluding carboxylic acids is 3. The summed E-state index contributed by atoms with van der Waals surface area (Å²) >= 11 is 14.8. The summed E-state index contributed by atoms with van der Waals surface area (Å²) in [7, 11) is 0. The molecule has 3 atom stereocenters. The van der Waals surface area contributed by atoms with Gasteiger partial charge in [-0.15, -0.1) is 36.4 Å². The Morgan fingerprint density at radius 2 is 1.51 bits per heavy atom. The van der Waals surface area contributed by atoms with E-state index in [1.165, 1.54) is 11.4 Å². The summed E-state index contributed by atoms with van der Waals surface area (Å²) in [5.74, 6) is -12.5. The van der Waals surface area contributed by atoms with Crippen LogP contribution < -0.4 is 16.0 Å². The van der Waals surface area contributed by atoms with Crippen LogP contribution in [-0.2, 0) is 26.9 Å². The Kier molecular flexibility index (Phi) is 10.3. The molecule has 7 nitrogen and oxygen atoms in total. The van der Waals surface area contributed by atoms with E-state index < -0.39 is 102 Å². The van der Waals surface area contributed by atoms with Gasteiger partial charge in [-0.25, -0.2) is 13.2 Å². The van der Waals surface area contributed by atoms with Gasteiger partial charge < -0.3 is 20.5 Å². The normalized spacial score (nSPS) is 17.9. The maximum Gasteiger partial charge on any atom is 0.573 e. The highest BCUT2D eigenvalue weighted by molar-refractivity contribution is 7.92. The van der Waals surface area contributed by atoms with Crippen molar-refractivity contribution in [2.75, 3.05) is 21.7 Å². The fourth-order valence-corrected chi connectivity index (χ4v) is 5.85. The fourth-order valence-electron chi connectivity index (χ4n) is 4.35. The van der Waals surface area contributed by atoms with E-state index in [9.17, 15) is 58.5 Å². The van der Waals surface area contributed by atoms with Crippen molar-refractivity contribution in [3.05, 3.63) is 87.7 Å². The molecule has 0 spiro atoms. The zero-order chi connectivity index (χ0) is 35.2. The molecule has 0 aromatic heterocycles. The largest absolute Gasteiger partial charge is 0.609 e. The first-order valence-corrected chi connectivity index (χ1v) is 15.0. The molecule has 0 aliphatic heterocycles. The first kappa shape index (κ1) is 36.5. The zero-order valence-corrected chi connectivity index (χ0v) is 25.6. The summed E-state index contributed by atoms with van der Waals surface area (Å²) in [6, 6.07) is 6.60. The van der Waals surface area contributed by atoms with E-state index in [1.54, 1.807) is 0 Å². The van der Waals surface area contributed by atoms with Gasteiger partial charge in [-0.1, -0.05) is 17.7 Å². The van der Waals surface area contributed by atoms with Crippen LogP contribution in [0.25, 0.3) is 0 Å². The molecule has 0 radical (unpaired) electrons. The third-order valence-electron chi connectivity index (χ3n) is 6.59. The van der Waals surface area contributed by atoms with Crippen LogP contribution in [0, 0.1) is 23.4 Å².